The largest absolute Gasteiger partial charge is 0.444 e. The van der Waals surface area contributed by atoms with Gasteiger partial charge in [-0.1, -0.05) is 0 Å². The molecule has 1 aliphatic rings. The average Bonchev–Trinajstić information content (AvgIpc) is 2.79. The van der Waals surface area contributed by atoms with E-state index in [1.54, 1.807) is 11.8 Å². The monoisotopic (exact) mass is 365 g/mol. The van der Waals surface area contributed by atoms with Crippen molar-refractivity contribution in [3.05, 3.63) is 15.6 Å². The Hall–Kier alpha value is -1.35. The molecular formula is C15H22F3N3O2S. The van der Waals surface area contributed by atoms with E-state index in [0.717, 1.165) is 0 Å². The topological polar surface area (TPSA) is 45.7 Å². The summed E-state index contributed by atoms with van der Waals surface area (Å²) in [5.41, 5.74) is -0.121. The highest BCUT2D eigenvalue weighted by Gasteiger charge is 2.36. The second kappa shape index (κ2) is 6.87. The molecule has 0 unspecified atom stereocenters. The first-order chi connectivity index (χ1) is 11.0. The second-order valence-corrected chi connectivity index (χ2v) is 7.85. The molecule has 9 heteroatoms. The molecule has 0 N–H and O–H groups in total. The molecule has 1 aliphatic heterocycles. The minimum absolute atomic E-state index is 0.351. The fourth-order valence-corrected chi connectivity index (χ4v) is 3.29. The number of hydrogen-bond acceptors (Lipinski definition) is 5. The summed E-state index contributed by atoms with van der Waals surface area (Å²) in [5.74, 6) is 0. The van der Waals surface area contributed by atoms with Crippen LogP contribution in [0.2, 0.25) is 0 Å². The van der Waals surface area contributed by atoms with E-state index in [4.69, 9.17) is 4.74 Å². The van der Waals surface area contributed by atoms with Crippen molar-refractivity contribution in [3.63, 3.8) is 0 Å². The van der Waals surface area contributed by atoms with Crippen molar-refractivity contribution >= 4 is 17.4 Å². The van der Waals surface area contributed by atoms with E-state index in [1.165, 1.54) is 0 Å². The lowest BCUT2D eigenvalue weighted by Crippen LogP contribution is -2.49. The van der Waals surface area contributed by atoms with Crippen LogP contribution < -0.4 is 0 Å². The Bertz CT molecular complexity index is 588. The number of alkyl halides is 3. The van der Waals surface area contributed by atoms with Gasteiger partial charge in [0.1, 0.15) is 5.60 Å². The summed E-state index contributed by atoms with van der Waals surface area (Å²) in [7, 11) is 0. The van der Waals surface area contributed by atoms with E-state index in [2.05, 4.69) is 4.98 Å². The number of aryl methyl sites for hydroxylation is 1. The van der Waals surface area contributed by atoms with E-state index in [0.29, 0.717) is 54.6 Å². The number of piperazine rings is 1. The third-order valence-corrected chi connectivity index (χ3v) is 4.71. The molecule has 136 valence electrons. The van der Waals surface area contributed by atoms with Crippen LogP contribution in [0.1, 0.15) is 36.3 Å². The van der Waals surface area contributed by atoms with Gasteiger partial charge in [0.15, 0.2) is 5.01 Å². The van der Waals surface area contributed by atoms with Gasteiger partial charge in [-0.2, -0.15) is 13.2 Å². The van der Waals surface area contributed by atoms with Crippen LogP contribution >= 0.6 is 11.3 Å². The number of thiazole rings is 1. The molecule has 1 saturated heterocycles. The molecule has 2 heterocycles. The summed E-state index contributed by atoms with van der Waals surface area (Å²) < 4.78 is 43.5. The first-order valence-corrected chi connectivity index (χ1v) is 8.51. The van der Waals surface area contributed by atoms with Crippen LogP contribution in [0.3, 0.4) is 0 Å². The maximum absolute atomic E-state index is 12.7. The summed E-state index contributed by atoms with van der Waals surface area (Å²) in [6, 6.07) is 0. The van der Waals surface area contributed by atoms with Crippen molar-refractivity contribution in [2.24, 2.45) is 0 Å². The lowest BCUT2D eigenvalue weighted by Gasteiger charge is -2.35. The van der Waals surface area contributed by atoms with E-state index in [1.807, 2.05) is 25.7 Å². The zero-order valence-corrected chi connectivity index (χ0v) is 15.1. The van der Waals surface area contributed by atoms with Crippen LogP contribution in [0, 0.1) is 6.92 Å². The van der Waals surface area contributed by atoms with Crippen LogP contribution in [0.4, 0.5) is 18.0 Å². The molecular weight excluding hydrogens is 343 g/mol. The van der Waals surface area contributed by atoms with Crippen molar-refractivity contribution in [2.75, 3.05) is 26.2 Å². The normalized spacial score (nSPS) is 17.2. The number of ether oxygens (including phenoxy) is 1. The summed E-state index contributed by atoms with van der Waals surface area (Å²) in [5, 5.41) is -0.803. The SMILES string of the molecule is Cc1nc(C(F)(F)F)sc1CN1CCN(C(=O)OC(C)(C)C)CC1. The van der Waals surface area contributed by atoms with E-state index >= 15 is 0 Å². The average molecular weight is 365 g/mol. The van der Waals surface area contributed by atoms with Gasteiger partial charge in [0.2, 0.25) is 0 Å². The van der Waals surface area contributed by atoms with E-state index in [-0.39, 0.29) is 6.09 Å². The number of carbonyl (C=O) groups is 1. The van der Waals surface area contributed by atoms with Crippen molar-refractivity contribution in [3.8, 4) is 0 Å². The highest BCUT2D eigenvalue weighted by Crippen LogP contribution is 2.34. The molecule has 5 nitrogen and oxygen atoms in total. The van der Waals surface area contributed by atoms with Gasteiger partial charge in [-0.3, -0.25) is 4.90 Å². The van der Waals surface area contributed by atoms with Gasteiger partial charge in [0.05, 0.1) is 5.69 Å². The third kappa shape index (κ3) is 5.07. The minimum Gasteiger partial charge on any atom is -0.444 e. The zero-order chi connectivity index (χ0) is 18.1. The molecule has 1 fully saturated rings. The molecule has 24 heavy (non-hydrogen) atoms. The summed E-state index contributed by atoms with van der Waals surface area (Å²) in [6.45, 7) is 9.64. The van der Waals surface area contributed by atoms with Crippen LogP contribution in [-0.4, -0.2) is 52.7 Å². The van der Waals surface area contributed by atoms with E-state index < -0.39 is 16.8 Å². The highest BCUT2D eigenvalue weighted by molar-refractivity contribution is 7.11. The maximum atomic E-state index is 12.7. The van der Waals surface area contributed by atoms with Crippen molar-refractivity contribution in [1.82, 2.24) is 14.8 Å². The van der Waals surface area contributed by atoms with E-state index in [9.17, 15) is 18.0 Å². The van der Waals surface area contributed by atoms with Crippen molar-refractivity contribution < 1.29 is 22.7 Å². The van der Waals surface area contributed by atoms with Crippen LogP contribution in [0.15, 0.2) is 0 Å². The Balaban J connectivity index is 1.90. The number of carbonyl (C=O) groups excluding carboxylic acids is 1. The second-order valence-electron chi connectivity index (χ2n) is 6.77. The van der Waals surface area contributed by atoms with Crippen molar-refractivity contribution in [2.45, 2.75) is 46.0 Å². The fourth-order valence-electron chi connectivity index (χ4n) is 2.31. The Morgan fingerprint density at radius 2 is 1.79 bits per heavy atom. The first-order valence-electron chi connectivity index (χ1n) is 7.69. The molecule has 0 radical (unpaired) electrons. The fraction of sp³-hybridized carbons (Fsp3) is 0.733. The number of rotatable bonds is 2. The first kappa shape index (κ1) is 19.0. The van der Waals surface area contributed by atoms with Gasteiger partial charge in [0.25, 0.3) is 0 Å². The lowest BCUT2D eigenvalue weighted by atomic mass is 10.2. The third-order valence-electron chi connectivity index (χ3n) is 3.53. The predicted octanol–water partition coefficient (Wildman–Crippen LogP) is 3.52. The molecule has 0 spiro atoms. The van der Waals surface area contributed by atoms with Gasteiger partial charge < -0.3 is 9.64 Å². The molecule has 0 saturated carbocycles. The molecule has 1 amide bonds. The van der Waals surface area contributed by atoms with Gasteiger partial charge >= 0.3 is 12.3 Å². The highest BCUT2D eigenvalue weighted by atomic mass is 32.1. The maximum Gasteiger partial charge on any atom is 0.443 e. The number of aromatic nitrogens is 1. The Kier molecular flexibility index (Phi) is 5.44. The van der Waals surface area contributed by atoms with Crippen molar-refractivity contribution in [1.29, 1.82) is 0 Å². The lowest BCUT2D eigenvalue weighted by molar-refractivity contribution is -0.137. The Morgan fingerprint density at radius 3 is 2.25 bits per heavy atom. The van der Waals surface area contributed by atoms with Gasteiger partial charge in [0, 0.05) is 37.6 Å². The molecule has 1 aromatic rings. The number of nitrogens with zero attached hydrogens (tertiary/aromatic N) is 3. The Labute approximate surface area is 143 Å². The standard InChI is InChI=1S/C15H22F3N3O2S/c1-10-11(24-12(19-10)15(16,17)18)9-20-5-7-21(8-6-20)13(22)23-14(2,3)4/h5-9H2,1-4H3. The molecule has 1 aromatic heterocycles. The van der Waals surface area contributed by atoms with Crippen LogP contribution in [0.25, 0.3) is 0 Å². The number of amides is 1. The summed E-state index contributed by atoms with van der Waals surface area (Å²) in [4.78, 5) is 19.9. The smallest absolute Gasteiger partial charge is 0.443 e. The molecule has 2 rings (SSSR count). The summed E-state index contributed by atoms with van der Waals surface area (Å²) in [6.07, 6.45) is -4.75. The molecule has 0 aliphatic carbocycles. The molecule has 0 atom stereocenters. The van der Waals surface area contributed by atoms with Crippen LogP contribution in [0.5, 0.6) is 0 Å². The van der Waals surface area contributed by atoms with Gasteiger partial charge in [-0.05, 0) is 27.7 Å². The van der Waals surface area contributed by atoms with Crippen LogP contribution in [-0.2, 0) is 17.5 Å². The number of hydrogen-bond donors (Lipinski definition) is 0. The zero-order valence-electron chi connectivity index (χ0n) is 14.2. The van der Waals surface area contributed by atoms with Gasteiger partial charge in [-0.15, -0.1) is 11.3 Å². The molecule has 0 bridgehead atoms. The minimum atomic E-state index is -4.40. The summed E-state index contributed by atoms with van der Waals surface area (Å²) >= 11 is 0.692. The van der Waals surface area contributed by atoms with Gasteiger partial charge in [-0.25, -0.2) is 9.78 Å². The Morgan fingerprint density at radius 1 is 1.21 bits per heavy atom. The number of halogens is 3. The predicted molar refractivity (Wildman–Crippen MR) is 84.9 cm³/mol. The molecule has 0 aromatic carbocycles. The quantitative estimate of drug-likeness (QED) is 0.804.